The highest BCUT2D eigenvalue weighted by Gasteiger charge is 2.10. The highest BCUT2D eigenvalue weighted by atomic mass is 35.5. The number of hydrogen-bond donors (Lipinski definition) is 0. The lowest BCUT2D eigenvalue weighted by atomic mass is 9.98. The quantitative estimate of drug-likeness (QED) is 0.721. The van der Waals surface area contributed by atoms with E-state index >= 15 is 0 Å². The second-order valence-corrected chi connectivity index (χ2v) is 4.65. The number of halogens is 1. The smallest absolute Gasteiger partial charge is 0.306 e. The summed E-state index contributed by atoms with van der Waals surface area (Å²) in [5.41, 5.74) is 1.14. The molecule has 1 atom stereocenters. The molecular weight excluding hydrogens is 236 g/mol. The average Bonchev–Trinajstić information content (AvgIpc) is 2.28. The number of benzene rings is 1. The lowest BCUT2D eigenvalue weighted by Crippen LogP contribution is -2.10. The van der Waals surface area contributed by atoms with Gasteiger partial charge in [0.2, 0.25) is 0 Å². The fourth-order valence-electron chi connectivity index (χ4n) is 1.71. The van der Waals surface area contributed by atoms with Gasteiger partial charge in [-0.05, 0) is 37.3 Å². The van der Waals surface area contributed by atoms with Crippen molar-refractivity contribution in [1.82, 2.24) is 0 Å². The Balaban J connectivity index is 2.35. The molecule has 1 rings (SSSR count). The van der Waals surface area contributed by atoms with Crippen LogP contribution in [-0.2, 0) is 16.0 Å². The molecule has 17 heavy (non-hydrogen) atoms. The van der Waals surface area contributed by atoms with Crippen LogP contribution in [0, 0.1) is 5.92 Å². The highest BCUT2D eigenvalue weighted by Crippen LogP contribution is 2.19. The summed E-state index contributed by atoms with van der Waals surface area (Å²) in [7, 11) is 0. The van der Waals surface area contributed by atoms with Gasteiger partial charge in [-0.1, -0.05) is 36.7 Å². The van der Waals surface area contributed by atoms with Gasteiger partial charge in [0.1, 0.15) is 0 Å². The van der Waals surface area contributed by atoms with E-state index in [1.165, 1.54) is 0 Å². The molecule has 1 unspecified atom stereocenters. The molecule has 2 nitrogen and oxygen atoms in total. The lowest BCUT2D eigenvalue weighted by molar-refractivity contribution is -0.144. The van der Waals surface area contributed by atoms with Gasteiger partial charge in [0.05, 0.1) is 6.61 Å². The van der Waals surface area contributed by atoms with E-state index in [4.69, 9.17) is 16.3 Å². The number of aryl methyl sites for hydroxylation is 1. The average molecular weight is 255 g/mol. The Morgan fingerprint density at radius 1 is 1.41 bits per heavy atom. The molecule has 0 aromatic heterocycles. The minimum atomic E-state index is -0.112. The molecule has 0 saturated carbocycles. The Morgan fingerprint density at radius 3 is 2.76 bits per heavy atom. The van der Waals surface area contributed by atoms with Gasteiger partial charge >= 0.3 is 5.97 Å². The second kappa shape index (κ2) is 7.33. The first-order valence-corrected chi connectivity index (χ1v) is 6.40. The SMILES string of the molecule is CCOC(=O)CC(C)CCc1ccccc1Cl. The highest BCUT2D eigenvalue weighted by molar-refractivity contribution is 6.31. The van der Waals surface area contributed by atoms with E-state index < -0.39 is 0 Å². The van der Waals surface area contributed by atoms with E-state index in [-0.39, 0.29) is 5.97 Å². The van der Waals surface area contributed by atoms with E-state index in [9.17, 15) is 4.79 Å². The molecule has 0 radical (unpaired) electrons. The van der Waals surface area contributed by atoms with Crippen molar-refractivity contribution in [3.63, 3.8) is 0 Å². The number of rotatable bonds is 6. The van der Waals surface area contributed by atoms with Crippen LogP contribution in [-0.4, -0.2) is 12.6 Å². The Kier molecular flexibility index (Phi) is 6.06. The van der Waals surface area contributed by atoms with Crippen molar-refractivity contribution in [3.05, 3.63) is 34.9 Å². The maximum absolute atomic E-state index is 11.3. The Morgan fingerprint density at radius 2 is 2.12 bits per heavy atom. The standard InChI is InChI=1S/C14H19ClO2/c1-3-17-14(16)10-11(2)8-9-12-6-4-5-7-13(12)15/h4-7,11H,3,8-10H2,1-2H3. The monoisotopic (exact) mass is 254 g/mol. The zero-order chi connectivity index (χ0) is 12.7. The molecule has 0 spiro atoms. The third-order valence-electron chi connectivity index (χ3n) is 2.68. The van der Waals surface area contributed by atoms with Crippen molar-refractivity contribution in [2.75, 3.05) is 6.61 Å². The van der Waals surface area contributed by atoms with Crippen LogP contribution in [0.25, 0.3) is 0 Å². The topological polar surface area (TPSA) is 26.3 Å². The molecule has 0 fully saturated rings. The maximum Gasteiger partial charge on any atom is 0.306 e. The molecule has 0 aliphatic rings. The predicted molar refractivity (Wildman–Crippen MR) is 70.2 cm³/mol. The molecule has 0 aliphatic heterocycles. The summed E-state index contributed by atoms with van der Waals surface area (Å²) in [4.78, 5) is 11.3. The van der Waals surface area contributed by atoms with Crippen molar-refractivity contribution in [2.45, 2.75) is 33.1 Å². The van der Waals surface area contributed by atoms with E-state index in [1.807, 2.05) is 31.2 Å². The van der Waals surface area contributed by atoms with Gasteiger partial charge in [-0.15, -0.1) is 0 Å². The fourth-order valence-corrected chi connectivity index (χ4v) is 1.94. The number of esters is 1. The first-order valence-electron chi connectivity index (χ1n) is 6.02. The van der Waals surface area contributed by atoms with Crippen molar-refractivity contribution >= 4 is 17.6 Å². The van der Waals surface area contributed by atoms with Gasteiger partial charge in [0.15, 0.2) is 0 Å². The second-order valence-electron chi connectivity index (χ2n) is 4.24. The summed E-state index contributed by atoms with van der Waals surface area (Å²) in [5.74, 6) is 0.212. The van der Waals surface area contributed by atoms with E-state index in [1.54, 1.807) is 0 Å². The third-order valence-corrected chi connectivity index (χ3v) is 3.05. The summed E-state index contributed by atoms with van der Waals surface area (Å²) in [6.45, 7) is 4.34. The molecule has 1 aromatic rings. The van der Waals surface area contributed by atoms with Gasteiger partial charge in [-0.3, -0.25) is 4.79 Å². The van der Waals surface area contributed by atoms with Crippen LogP contribution >= 0.6 is 11.6 Å². The molecule has 3 heteroatoms. The third kappa shape index (κ3) is 5.22. The molecule has 1 aromatic carbocycles. The van der Waals surface area contributed by atoms with Crippen LogP contribution in [0.3, 0.4) is 0 Å². The fraction of sp³-hybridized carbons (Fsp3) is 0.500. The van der Waals surface area contributed by atoms with E-state index in [0.29, 0.717) is 18.9 Å². The number of carbonyl (C=O) groups is 1. The summed E-state index contributed by atoms with van der Waals surface area (Å²) in [6, 6.07) is 7.83. The van der Waals surface area contributed by atoms with Crippen LogP contribution in [0.5, 0.6) is 0 Å². The van der Waals surface area contributed by atoms with Crippen molar-refractivity contribution in [3.8, 4) is 0 Å². The van der Waals surface area contributed by atoms with Crippen LogP contribution in [0.2, 0.25) is 5.02 Å². The first kappa shape index (κ1) is 14.0. The number of ether oxygens (including phenoxy) is 1. The summed E-state index contributed by atoms with van der Waals surface area (Å²) < 4.78 is 4.92. The number of hydrogen-bond acceptors (Lipinski definition) is 2. The molecular formula is C14H19ClO2. The zero-order valence-electron chi connectivity index (χ0n) is 10.4. The molecule has 0 N–H and O–H groups in total. The van der Waals surface area contributed by atoms with E-state index in [2.05, 4.69) is 6.92 Å². The van der Waals surface area contributed by atoms with Gasteiger partial charge in [0, 0.05) is 11.4 Å². The van der Waals surface area contributed by atoms with Crippen LogP contribution in [0.4, 0.5) is 0 Å². The maximum atomic E-state index is 11.3. The van der Waals surface area contributed by atoms with E-state index in [0.717, 1.165) is 23.4 Å². The largest absolute Gasteiger partial charge is 0.466 e. The normalized spacial score (nSPS) is 12.2. The van der Waals surface area contributed by atoms with Crippen LogP contribution in [0.15, 0.2) is 24.3 Å². The molecule has 0 saturated heterocycles. The summed E-state index contributed by atoms with van der Waals surface area (Å²) >= 11 is 6.07. The Bertz CT molecular complexity index is 363. The molecule has 0 heterocycles. The van der Waals surface area contributed by atoms with Gasteiger partial charge in [-0.25, -0.2) is 0 Å². The predicted octanol–water partition coefficient (Wildman–Crippen LogP) is 3.86. The van der Waals surface area contributed by atoms with Crippen molar-refractivity contribution < 1.29 is 9.53 Å². The van der Waals surface area contributed by atoms with Crippen molar-refractivity contribution in [2.24, 2.45) is 5.92 Å². The van der Waals surface area contributed by atoms with Crippen molar-refractivity contribution in [1.29, 1.82) is 0 Å². The van der Waals surface area contributed by atoms with Gasteiger partial charge < -0.3 is 4.74 Å². The lowest BCUT2D eigenvalue weighted by Gasteiger charge is -2.11. The molecule has 0 aliphatic carbocycles. The molecule has 94 valence electrons. The number of carbonyl (C=O) groups excluding carboxylic acids is 1. The van der Waals surface area contributed by atoms with Gasteiger partial charge in [0.25, 0.3) is 0 Å². The zero-order valence-corrected chi connectivity index (χ0v) is 11.2. The molecule has 0 bridgehead atoms. The Labute approximate surface area is 108 Å². The molecule has 0 amide bonds. The van der Waals surface area contributed by atoms with Crippen LogP contribution in [0.1, 0.15) is 32.3 Å². The minimum absolute atomic E-state index is 0.112. The minimum Gasteiger partial charge on any atom is -0.466 e. The first-order chi connectivity index (χ1) is 8.13. The summed E-state index contributed by atoms with van der Waals surface area (Å²) in [5, 5.41) is 0.802. The van der Waals surface area contributed by atoms with Crippen LogP contribution < -0.4 is 0 Å². The summed E-state index contributed by atoms with van der Waals surface area (Å²) in [6.07, 6.45) is 2.33. The van der Waals surface area contributed by atoms with Gasteiger partial charge in [-0.2, -0.15) is 0 Å². The Hall–Kier alpha value is -1.02.